The number of unbranched alkanes of at least 4 members (excludes halogenated alkanes) is 2. The van der Waals surface area contributed by atoms with Crippen LogP contribution in [0.3, 0.4) is 0 Å². The lowest BCUT2D eigenvalue weighted by Gasteiger charge is -1.95. The Balaban J connectivity index is 0.000000331. The van der Waals surface area contributed by atoms with Crippen molar-refractivity contribution in [1.82, 2.24) is 5.32 Å². The Hall–Kier alpha value is -1.58. The van der Waals surface area contributed by atoms with Crippen molar-refractivity contribution in [2.45, 2.75) is 46.5 Å². The fraction of sp³-hybridized carbons (Fsp3) is 0.571. The minimum absolute atomic E-state index is 0.160. The fourth-order valence-corrected chi connectivity index (χ4v) is 1.28. The maximum atomic E-state index is 10.9. The lowest BCUT2D eigenvalue weighted by molar-refractivity contribution is -0.117. The third-order valence-corrected chi connectivity index (χ3v) is 2.21. The minimum Gasteiger partial charge on any atom is -0.459 e. The van der Waals surface area contributed by atoms with Gasteiger partial charge in [-0.3, -0.25) is 4.79 Å². The molecule has 4 heteroatoms. The highest BCUT2D eigenvalue weighted by Crippen LogP contribution is 1.98. The van der Waals surface area contributed by atoms with E-state index in [9.17, 15) is 9.59 Å². The van der Waals surface area contributed by atoms with E-state index in [0.29, 0.717) is 18.1 Å². The van der Waals surface area contributed by atoms with Crippen molar-refractivity contribution in [2.24, 2.45) is 0 Å². The van der Waals surface area contributed by atoms with Crippen LogP contribution >= 0.6 is 0 Å². The van der Waals surface area contributed by atoms with E-state index >= 15 is 0 Å². The van der Waals surface area contributed by atoms with Crippen LogP contribution in [0.5, 0.6) is 0 Å². The van der Waals surface area contributed by atoms with Crippen LogP contribution in [0.25, 0.3) is 0 Å². The Morgan fingerprint density at radius 2 is 2.00 bits per heavy atom. The summed E-state index contributed by atoms with van der Waals surface area (Å²) in [6.45, 7) is 6.27. The second-order valence-corrected chi connectivity index (χ2v) is 4.00. The van der Waals surface area contributed by atoms with Crippen LogP contribution in [-0.2, 0) is 4.79 Å². The van der Waals surface area contributed by atoms with E-state index in [4.69, 9.17) is 4.42 Å². The second-order valence-electron chi connectivity index (χ2n) is 4.00. The number of rotatable bonds is 6. The number of carbonyl (C=O) groups is 2. The van der Waals surface area contributed by atoms with Crippen LogP contribution in [0.1, 0.15) is 57.0 Å². The smallest absolute Gasteiger partial charge is 0.286 e. The van der Waals surface area contributed by atoms with Crippen molar-refractivity contribution < 1.29 is 14.0 Å². The average molecular weight is 253 g/mol. The topological polar surface area (TPSA) is 59.3 Å². The molecule has 1 amide bonds. The molecule has 1 rings (SSSR count). The molecule has 0 unspecified atom stereocenters. The Bertz CT molecular complexity index is 331. The summed E-state index contributed by atoms with van der Waals surface area (Å²) in [4.78, 5) is 21.2. The first-order chi connectivity index (χ1) is 8.61. The molecular weight excluding hydrogens is 230 g/mol. The van der Waals surface area contributed by atoms with Crippen molar-refractivity contribution in [3.05, 3.63) is 24.2 Å². The molecule has 18 heavy (non-hydrogen) atoms. The zero-order chi connectivity index (χ0) is 13.8. The number of ketones is 1. The lowest BCUT2D eigenvalue weighted by atomic mass is 10.2. The molecule has 0 fully saturated rings. The normalized spacial score (nSPS) is 9.28. The molecule has 0 saturated carbocycles. The molecule has 0 radical (unpaired) electrons. The number of hydrogen-bond donors (Lipinski definition) is 1. The van der Waals surface area contributed by atoms with E-state index in [1.807, 2.05) is 6.92 Å². The quantitative estimate of drug-likeness (QED) is 0.792. The van der Waals surface area contributed by atoms with Gasteiger partial charge in [0.25, 0.3) is 5.91 Å². The van der Waals surface area contributed by atoms with Crippen molar-refractivity contribution in [1.29, 1.82) is 0 Å². The van der Waals surface area contributed by atoms with Crippen molar-refractivity contribution >= 4 is 11.7 Å². The van der Waals surface area contributed by atoms with Crippen LogP contribution in [-0.4, -0.2) is 18.2 Å². The standard InChI is InChI=1S/C7H9NO2.C7H14O/c1-2-8-7(9)6-4-3-5-10-6;1-3-4-5-6-7(2)8/h3-5H,2H2,1H3,(H,8,9);3-6H2,1-2H3. The van der Waals surface area contributed by atoms with Gasteiger partial charge in [-0.2, -0.15) is 0 Å². The number of amides is 1. The fourth-order valence-electron chi connectivity index (χ4n) is 1.28. The van der Waals surface area contributed by atoms with Gasteiger partial charge in [-0.1, -0.05) is 19.8 Å². The van der Waals surface area contributed by atoms with Crippen LogP contribution in [0, 0.1) is 0 Å². The molecule has 4 nitrogen and oxygen atoms in total. The molecule has 1 N–H and O–H groups in total. The monoisotopic (exact) mass is 253 g/mol. The number of nitrogens with one attached hydrogen (secondary N) is 1. The highest BCUT2D eigenvalue weighted by molar-refractivity contribution is 5.91. The number of carbonyl (C=O) groups excluding carboxylic acids is 2. The highest BCUT2D eigenvalue weighted by atomic mass is 16.3. The summed E-state index contributed by atoms with van der Waals surface area (Å²) < 4.78 is 4.84. The molecule has 0 spiro atoms. The van der Waals surface area contributed by atoms with E-state index in [1.165, 1.54) is 19.1 Å². The van der Waals surface area contributed by atoms with Gasteiger partial charge in [0, 0.05) is 13.0 Å². The van der Waals surface area contributed by atoms with Crippen LogP contribution < -0.4 is 5.32 Å². The molecule has 0 atom stereocenters. The molecular formula is C14H23NO3. The average Bonchev–Trinajstić information content (AvgIpc) is 2.83. The summed E-state index contributed by atoms with van der Waals surface area (Å²) in [6.07, 6.45) is 5.72. The SMILES string of the molecule is CCCCCC(C)=O.CCNC(=O)c1ccco1. The van der Waals surface area contributed by atoms with Gasteiger partial charge in [0.15, 0.2) is 5.76 Å². The number of furan rings is 1. The first kappa shape index (κ1) is 16.4. The van der Waals surface area contributed by atoms with E-state index in [1.54, 1.807) is 19.1 Å². The van der Waals surface area contributed by atoms with Crippen molar-refractivity contribution in [2.75, 3.05) is 6.54 Å². The number of hydrogen-bond acceptors (Lipinski definition) is 3. The van der Waals surface area contributed by atoms with Gasteiger partial charge in [-0.05, 0) is 32.4 Å². The predicted molar refractivity (Wildman–Crippen MR) is 71.5 cm³/mol. The van der Waals surface area contributed by atoms with Gasteiger partial charge < -0.3 is 14.5 Å². The maximum absolute atomic E-state index is 10.9. The van der Waals surface area contributed by atoms with Crippen LogP contribution in [0.15, 0.2) is 22.8 Å². The van der Waals surface area contributed by atoms with Gasteiger partial charge in [0.1, 0.15) is 5.78 Å². The zero-order valence-corrected chi connectivity index (χ0v) is 11.5. The number of Topliss-reactive ketones (excluding diaryl/α,β-unsaturated/α-hetero) is 1. The molecule has 0 bridgehead atoms. The molecule has 0 saturated heterocycles. The van der Waals surface area contributed by atoms with E-state index in [0.717, 1.165) is 12.8 Å². The van der Waals surface area contributed by atoms with E-state index in [2.05, 4.69) is 12.2 Å². The zero-order valence-electron chi connectivity index (χ0n) is 11.5. The Kier molecular flexibility index (Phi) is 9.64. The maximum Gasteiger partial charge on any atom is 0.286 e. The predicted octanol–water partition coefficient (Wildman–Crippen LogP) is 3.19. The summed E-state index contributed by atoms with van der Waals surface area (Å²) >= 11 is 0. The summed E-state index contributed by atoms with van der Waals surface area (Å²) in [6, 6.07) is 3.32. The van der Waals surface area contributed by atoms with Gasteiger partial charge in [-0.15, -0.1) is 0 Å². The Labute approximate surface area is 109 Å². The molecule has 0 aromatic carbocycles. The van der Waals surface area contributed by atoms with Gasteiger partial charge in [0.2, 0.25) is 0 Å². The second kappa shape index (κ2) is 10.6. The Morgan fingerprint density at radius 1 is 1.28 bits per heavy atom. The highest BCUT2D eigenvalue weighted by Gasteiger charge is 2.04. The van der Waals surface area contributed by atoms with Crippen molar-refractivity contribution in [3.63, 3.8) is 0 Å². The summed E-state index contributed by atoms with van der Waals surface area (Å²) in [7, 11) is 0. The molecule has 102 valence electrons. The first-order valence-corrected chi connectivity index (χ1v) is 6.42. The molecule has 1 aromatic rings. The molecule has 0 aliphatic rings. The lowest BCUT2D eigenvalue weighted by Crippen LogP contribution is -2.21. The first-order valence-electron chi connectivity index (χ1n) is 6.42. The molecule has 1 aromatic heterocycles. The van der Waals surface area contributed by atoms with Crippen molar-refractivity contribution in [3.8, 4) is 0 Å². The third-order valence-electron chi connectivity index (χ3n) is 2.21. The summed E-state index contributed by atoms with van der Waals surface area (Å²) in [5.74, 6) is 0.521. The van der Waals surface area contributed by atoms with E-state index in [-0.39, 0.29) is 5.91 Å². The summed E-state index contributed by atoms with van der Waals surface area (Å²) in [5.41, 5.74) is 0. The summed E-state index contributed by atoms with van der Waals surface area (Å²) in [5, 5.41) is 2.62. The minimum atomic E-state index is -0.160. The van der Waals surface area contributed by atoms with Gasteiger partial charge >= 0.3 is 0 Å². The van der Waals surface area contributed by atoms with Crippen LogP contribution in [0.2, 0.25) is 0 Å². The molecule has 0 aliphatic carbocycles. The third kappa shape index (κ3) is 8.56. The van der Waals surface area contributed by atoms with E-state index < -0.39 is 0 Å². The largest absolute Gasteiger partial charge is 0.459 e. The molecule has 1 heterocycles. The molecule has 0 aliphatic heterocycles. The van der Waals surface area contributed by atoms with Crippen LogP contribution in [0.4, 0.5) is 0 Å². The van der Waals surface area contributed by atoms with Gasteiger partial charge in [-0.25, -0.2) is 0 Å². The Morgan fingerprint density at radius 3 is 2.44 bits per heavy atom. The van der Waals surface area contributed by atoms with Gasteiger partial charge in [0.05, 0.1) is 6.26 Å².